The number of amides is 2. The molecule has 30 heavy (non-hydrogen) atoms. The lowest BCUT2D eigenvalue weighted by Crippen LogP contribution is -2.50. The Morgan fingerprint density at radius 2 is 1.67 bits per heavy atom. The maximum Gasteiger partial charge on any atom is 0.261 e. The van der Waals surface area contributed by atoms with E-state index in [0.29, 0.717) is 18.2 Å². The van der Waals surface area contributed by atoms with E-state index < -0.39 is 6.04 Å². The number of benzene rings is 2. The molecule has 0 aliphatic rings. The Bertz CT molecular complexity index is 844. The van der Waals surface area contributed by atoms with Crippen LogP contribution in [0.1, 0.15) is 57.2 Å². The van der Waals surface area contributed by atoms with Crippen LogP contribution in [0, 0.1) is 6.92 Å². The Morgan fingerprint density at radius 1 is 1.00 bits per heavy atom. The maximum atomic E-state index is 13.0. The van der Waals surface area contributed by atoms with Crippen molar-refractivity contribution in [2.24, 2.45) is 0 Å². The van der Waals surface area contributed by atoms with Crippen LogP contribution in [-0.2, 0) is 16.1 Å². The van der Waals surface area contributed by atoms with Crippen LogP contribution in [0.25, 0.3) is 0 Å². The molecule has 1 N–H and O–H groups in total. The molecule has 2 aromatic rings. The minimum absolute atomic E-state index is 0.00611. The second-order valence-corrected chi connectivity index (χ2v) is 8.36. The van der Waals surface area contributed by atoms with Crippen LogP contribution < -0.4 is 10.1 Å². The lowest BCUT2D eigenvalue weighted by Gasteiger charge is -2.29. The highest BCUT2D eigenvalue weighted by Gasteiger charge is 2.26. The molecule has 0 aliphatic heterocycles. The van der Waals surface area contributed by atoms with Crippen molar-refractivity contribution in [3.8, 4) is 5.75 Å². The predicted octanol–water partition coefficient (Wildman–Crippen LogP) is 4.44. The smallest absolute Gasteiger partial charge is 0.261 e. The molecule has 2 aromatic carbocycles. The van der Waals surface area contributed by atoms with Gasteiger partial charge in [0.25, 0.3) is 5.91 Å². The molecule has 5 heteroatoms. The van der Waals surface area contributed by atoms with Crippen LogP contribution in [-0.4, -0.2) is 35.4 Å². The molecule has 1 unspecified atom stereocenters. The minimum Gasteiger partial charge on any atom is -0.484 e. The Kier molecular flexibility index (Phi) is 8.46. The normalized spacial score (nSPS) is 12.0. The summed E-state index contributed by atoms with van der Waals surface area (Å²) in [4.78, 5) is 27.2. The van der Waals surface area contributed by atoms with E-state index in [9.17, 15) is 9.59 Å². The number of carbonyl (C=O) groups excluding carboxylic acids is 2. The van der Waals surface area contributed by atoms with E-state index in [1.54, 1.807) is 11.8 Å². The predicted molar refractivity (Wildman–Crippen MR) is 120 cm³/mol. The van der Waals surface area contributed by atoms with Gasteiger partial charge in [0.05, 0.1) is 0 Å². The number of aryl methyl sites for hydroxylation is 1. The van der Waals surface area contributed by atoms with Gasteiger partial charge in [-0.05, 0) is 56.9 Å². The fraction of sp³-hybridized carbons (Fsp3) is 0.440. The standard InChI is InChI=1S/C25H34N2O3/c1-17(2)22-10-12-23(13-11-22)30-16-24(28)27(20(6)25(29)26-18(3)4)15-21-9-7-8-19(5)14-21/h7-14,17-18,20H,15-16H2,1-6H3,(H,26,29). The monoisotopic (exact) mass is 410 g/mol. The molecule has 162 valence electrons. The first-order valence-electron chi connectivity index (χ1n) is 10.6. The Balaban J connectivity index is 2.13. The zero-order valence-electron chi connectivity index (χ0n) is 18.9. The van der Waals surface area contributed by atoms with Gasteiger partial charge in [-0.1, -0.05) is 55.8 Å². The van der Waals surface area contributed by atoms with Gasteiger partial charge in [0.2, 0.25) is 5.91 Å². The van der Waals surface area contributed by atoms with E-state index in [0.717, 1.165) is 11.1 Å². The van der Waals surface area contributed by atoms with Gasteiger partial charge in [-0.3, -0.25) is 9.59 Å². The van der Waals surface area contributed by atoms with Crippen molar-refractivity contribution in [2.45, 2.75) is 66.1 Å². The highest BCUT2D eigenvalue weighted by atomic mass is 16.5. The van der Waals surface area contributed by atoms with E-state index in [1.807, 2.05) is 69.3 Å². The van der Waals surface area contributed by atoms with Gasteiger partial charge >= 0.3 is 0 Å². The third kappa shape index (κ3) is 6.90. The maximum absolute atomic E-state index is 13.0. The zero-order valence-corrected chi connectivity index (χ0v) is 18.9. The highest BCUT2D eigenvalue weighted by molar-refractivity contribution is 5.88. The first-order valence-corrected chi connectivity index (χ1v) is 10.6. The molecule has 0 saturated heterocycles. The van der Waals surface area contributed by atoms with Crippen molar-refractivity contribution in [2.75, 3.05) is 6.61 Å². The second kappa shape index (κ2) is 10.8. The van der Waals surface area contributed by atoms with Crippen molar-refractivity contribution >= 4 is 11.8 Å². The molecule has 0 radical (unpaired) electrons. The first kappa shape index (κ1) is 23.5. The van der Waals surface area contributed by atoms with E-state index in [1.165, 1.54) is 5.56 Å². The molecule has 0 fully saturated rings. The molecule has 0 spiro atoms. The fourth-order valence-electron chi connectivity index (χ4n) is 3.17. The van der Waals surface area contributed by atoms with E-state index in [4.69, 9.17) is 4.74 Å². The molecule has 0 heterocycles. The lowest BCUT2D eigenvalue weighted by atomic mass is 10.0. The number of nitrogens with zero attached hydrogens (tertiary/aromatic N) is 1. The van der Waals surface area contributed by atoms with Crippen LogP contribution in [0.4, 0.5) is 0 Å². The van der Waals surface area contributed by atoms with Crippen molar-refractivity contribution in [3.05, 3.63) is 65.2 Å². The third-order valence-electron chi connectivity index (χ3n) is 4.94. The van der Waals surface area contributed by atoms with Crippen LogP contribution in [0.3, 0.4) is 0 Å². The number of ether oxygens (including phenoxy) is 1. The highest BCUT2D eigenvalue weighted by Crippen LogP contribution is 2.19. The lowest BCUT2D eigenvalue weighted by molar-refractivity contribution is -0.142. The summed E-state index contributed by atoms with van der Waals surface area (Å²) in [5.74, 6) is 0.677. The second-order valence-electron chi connectivity index (χ2n) is 8.36. The summed E-state index contributed by atoms with van der Waals surface area (Å²) in [6.07, 6.45) is 0. The summed E-state index contributed by atoms with van der Waals surface area (Å²) < 4.78 is 5.73. The summed E-state index contributed by atoms with van der Waals surface area (Å²) in [5, 5.41) is 2.89. The van der Waals surface area contributed by atoms with E-state index >= 15 is 0 Å². The topological polar surface area (TPSA) is 58.6 Å². The third-order valence-corrected chi connectivity index (χ3v) is 4.94. The van der Waals surface area contributed by atoms with E-state index in [-0.39, 0.29) is 24.5 Å². The van der Waals surface area contributed by atoms with Crippen molar-refractivity contribution < 1.29 is 14.3 Å². The van der Waals surface area contributed by atoms with Crippen molar-refractivity contribution in [1.29, 1.82) is 0 Å². The fourth-order valence-corrected chi connectivity index (χ4v) is 3.17. The van der Waals surface area contributed by atoms with Crippen LogP contribution >= 0.6 is 0 Å². The number of carbonyl (C=O) groups is 2. The molecule has 2 amide bonds. The Hall–Kier alpha value is -2.82. The molecule has 1 atom stereocenters. The molecular weight excluding hydrogens is 376 g/mol. The number of nitrogens with one attached hydrogen (secondary N) is 1. The number of hydrogen-bond acceptors (Lipinski definition) is 3. The quantitative estimate of drug-likeness (QED) is 0.665. The first-order chi connectivity index (χ1) is 14.2. The zero-order chi connectivity index (χ0) is 22.3. The molecule has 0 aliphatic carbocycles. The average molecular weight is 411 g/mol. The molecule has 0 bridgehead atoms. The van der Waals surface area contributed by atoms with Gasteiger partial charge in [-0.15, -0.1) is 0 Å². The Labute approximate surface area is 180 Å². The van der Waals surface area contributed by atoms with Gasteiger partial charge < -0.3 is 15.0 Å². The van der Waals surface area contributed by atoms with Gasteiger partial charge in [0, 0.05) is 12.6 Å². The van der Waals surface area contributed by atoms with Crippen molar-refractivity contribution in [3.63, 3.8) is 0 Å². The molecular formula is C25H34N2O3. The minimum atomic E-state index is -0.604. The Morgan fingerprint density at radius 3 is 2.23 bits per heavy atom. The van der Waals surface area contributed by atoms with Gasteiger partial charge in [0.1, 0.15) is 11.8 Å². The largest absolute Gasteiger partial charge is 0.484 e. The molecule has 5 nitrogen and oxygen atoms in total. The summed E-state index contributed by atoms with van der Waals surface area (Å²) in [7, 11) is 0. The van der Waals surface area contributed by atoms with Gasteiger partial charge in [-0.25, -0.2) is 0 Å². The molecule has 2 rings (SSSR count). The van der Waals surface area contributed by atoms with Crippen LogP contribution in [0.5, 0.6) is 5.75 Å². The summed E-state index contributed by atoms with van der Waals surface area (Å²) in [6, 6.07) is 15.1. The summed E-state index contributed by atoms with van der Waals surface area (Å²) >= 11 is 0. The number of hydrogen-bond donors (Lipinski definition) is 1. The van der Waals surface area contributed by atoms with Gasteiger partial charge in [0.15, 0.2) is 6.61 Å². The van der Waals surface area contributed by atoms with Crippen molar-refractivity contribution in [1.82, 2.24) is 10.2 Å². The summed E-state index contributed by atoms with van der Waals surface area (Å²) in [6.45, 7) is 12.1. The van der Waals surface area contributed by atoms with Gasteiger partial charge in [-0.2, -0.15) is 0 Å². The van der Waals surface area contributed by atoms with Crippen LogP contribution in [0.15, 0.2) is 48.5 Å². The molecule has 0 aromatic heterocycles. The SMILES string of the molecule is Cc1cccc(CN(C(=O)COc2ccc(C(C)C)cc2)C(C)C(=O)NC(C)C)c1. The van der Waals surface area contributed by atoms with Crippen LogP contribution in [0.2, 0.25) is 0 Å². The summed E-state index contributed by atoms with van der Waals surface area (Å²) in [5.41, 5.74) is 3.31. The van der Waals surface area contributed by atoms with E-state index in [2.05, 4.69) is 19.2 Å². The molecule has 0 saturated carbocycles. The number of rotatable bonds is 9. The average Bonchev–Trinajstić information content (AvgIpc) is 2.69.